The summed E-state index contributed by atoms with van der Waals surface area (Å²) >= 11 is 11.7. The van der Waals surface area contributed by atoms with Crippen LogP contribution in [0.4, 0.5) is 0 Å². The third-order valence-corrected chi connectivity index (χ3v) is 13.1. The molecule has 49 heavy (non-hydrogen) atoms. The van der Waals surface area contributed by atoms with Crippen LogP contribution in [-0.2, 0) is 10.0 Å². The highest BCUT2D eigenvalue weighted by atomic mass is 35.5. The molecular formula is C38H46Cl2N4O4S. The summed E-state index contributed by atoms with van der Waals surface area (Å²) in [6.07, 6.45) is 5.75. The topological polar surface area (TPSA) is 130 Å². The van der Waals surface area contributed by atoms with Crippen molar-refractivity contribution in [3.63, 3.8) is 0 Å². The predicted molar refractivity (Wildman–Crippen MR) is 194 cm³/mol. The van der Waals surface area contributed by atoms with Crippen molar-refractivity contribution in [2.75, 3.05) is 0 Å². The van der Waals surface area contributed by atoms with Gasteiger partial charge in [-0.2, -0.15) is 0 Å². The van der Waals surface area contributed by atoms with Crippen molar-refractivity contribution in [1.29, 1.82) is 0 Å². The van der Waals surface area contributed by atoms with Crippen molar-refractivity contribution in [2.45, 2.75) is 81.4 Å². The first kappa shape index (κ1) is 35.9. The van der Waals surface area contributed by atoms with E-state index >= 15 is 0 Å². The van der Waals surface area contributed by atoms with Gasteiger partial charge >= 0.3 is 0 Å². The Balaban J connectivity index is 0.000000182. The molecule has 0 aliphatic heterocycles. The summed E-state index contributed by atoms with van der Waals surface area (Å²) < 4.78 is 27.9. The van der Waals surface area contributed by atoms with Gasteiger partial charge in [-0.1, -0.05) is 55.2 Å². The lowest BCUT2D eigenvalue weighted by Crippen LogP contribution is -2.39. The smallest absolute Gasteiger partial charge is 0.251 e. The third-order valence-electron chi connectivity index (χ3n) is 11.1. The molecule has 0 saturated heterocycles. The summed E-state index contributed by atoms with van der Waals surface area (Å²) in [7, 11) is -3.48. The lowest BCUT2D eigenvalue weighted by molar-refractivity contribution is 0.0919. The standard InChI is InChI=1S/C22H25ClN2O3S.C16H21ClN2O/c1-2-20(24-22(26)14-8-10-15(23)11-9-14)21-18-12-16(13-19(18)21)25-29(27,28)17-6-4-3-5-7-17;1-2-14(15-12-7-11(18)8-13(12)15)19-16(20)9-3-5-10(17)6-4-9/h3-11,16,18-21,25H,2,12-13H2,1H3,(H,24,26);3-6,11-15H,2,7-8,18H2,1H3,(H,19,20)/t16?,18-,19+,20?,21?;11?,12-,13+,14?,15?. The molecule has 5 N–H and O–H groups in total. The van der Waals surface area contributed by atoms with Crippen LogP contribution in [0.25, 0.3) is 0 Å². The summed E-state index contributed by atoms with van der Waals surface area (Å²) in [6.45, 7) is 4.22. The third kappa shape index (κ3) is 8.34. The molecule has 4 aliphatic carbocycles. The number of rotatable bonds is 11. The maximum atomic E-state index is 12.5. The number of amides is 2. The van der Waals surface area contributed by atoms with Crippen molar-refractivity contribution >= 4 is 45.0 Å². The molecule has 0 spiro atoms. The minimum atomic E-state index is -3.48. The van der Waals surface area contributed by atoms with Crippen LogP contribution >= 0.6 is 23.2 Å². The second-order valence-corrected chi connectivity index (χ2v) is 16.7. The van der Waals surface area contributed by atoms with Crippen molar-refractivity contribution < 1.29 is 18.0 Å². The zero-order valence-electron chi connectivity index (χ0n) is 27.9. The Morgan fingerprint density at radius 2 is 1.10 bits per heavy atom. The van der Waals surface area contributed by atoms with Gasteiger partial charge in [0, 0.05) is 45.3 Å². The fourth-order valence-corrected chi connectivity index (χ4v) is 10.2. The number of sulfonamides is 1. The van der Waals surface area contributed by atoms with Gasteiger partial charge in [0.2, 0.25) is 10.0 Å². The molecule has 262 valence electrons. The summed E-state index contributed by atoms with van der Waals surface area (Å²) in [4.78, 5) is 25.1. The van der Waals surface area contributed by atoms with Crippen LogP contribution < -0.4 is 21.1 Å². The molecule has 2 amide bonds. The highest BCUT2D eigenvalue weighted by molar-refractivity contribution is 7.89. The van der Waals surface area contributed by atoms with E-state index in [1.165, 1.54) is 0 Å². The zero-order chi connectivity index (χ0) is 34.9. The molecule has 4 fully saturated rings. The first-order chi connectivity index (χ1) is 23.5. The second-order valence-electron chi connectivity index (χ2n) is 14.1. The first-order valence-electron chi connectivity index (χ1n) is 17.4. The molecular weight excluding hydrogens is 679 g/mol. The molecule has 0 aromatic heterocycles. The van der Waals surface area contributed by atoms with Gasteiger partial charge in [-0.05, 0) is 135 Å². The lowest BCUT2D eigenvalue weighted by atomic mass is 9.99. The molecule has 10 atom stereocenters. The van der Waals surface area contributed by atoms with E-state index in [1.54, 1.807) is 78.9 Å². The number of halogens is 2. The minimum Gasteiger partial charge on any atom is -0.349 e. The van der Waals surface area contributed by atoms with E-state index in [0.29, 0.717) is 55.8 Å². The highest BCUT2D eigenvalue weighted by Gasteiger charge is 2.59. The molecule has 7 rings (SSSR count). The Morgan fingerprint density at radius 3 is 1.51 bits per heavy atom. The molecule has 11 heteroatoms. The van der Waals surface area contributed by atoms with Gasteiger partial charge in [0.1, 0.15) is 0 Å². The monoisotopic (exact) mass is 724 g/mol. The van der Waals surface area contributed by atoms with Gasteiger partial charge in [0.25, 0.3) is 11.8 Å². The van der Waals surface area contributed by atoms with Gasteiger partial charge in [0.15, 0.2) is 0 Å². The number of benzene rings is 3. The maximum Gasteiger partial charge on any atom is 0.251 e. The highest BCUT2D eigenvalue weighted by Crippen LogP contribution is 2.60. The van der Waals surface area contributed by atoms with Crippen molar-refractivity contribution in [3.05, 3.63) is 100 Å². The molecule has 8 nitrogen and oxygen atoms in total. The number of fused-ring (bicyclic) bond motifs is 2. The Labute approximate surface area is 300 Å². The van der Waals surface area contributed by atoms with Gasteiger partial charge in [-0.15, -0.1) is 0 Å². The van der Waals surface area contributed by atoms with Crippen LogP contribution in [-0.4, -0.2) is 44.4 Å². The van der Waals surface area contributed by atoms with Crippen LogP contribution in [0.15, 0.2) is 83.8 Å². The van der Waals surface area contributed by atoms with E-state index in [9.17, 15) is 18.0 Å². The molecule has 0 radical (unpaired) electrons. The first-order valence-corrected chi connectivity index (χ1v) is 19.7. The van der Waals surface area contributed by atoms with Gasteiger partial charge < -0.3 is 16.4 Å². The molecule has 0 heterocycles. The normalized spacial score (nSPS) is 29.0. The Hall–Kier alpha value is -2.95. The Morgan fingerprint density at radius 1 is 0.694 bits per heavy atom. The number of hydrogen-bond donors (Lipinski definition) is 4. The molecule has 0 bridgehead atoms. The van der Waals surface area contributed by atoms with Crippen molar-refractivity contribution in [1.82, 2.24) is 15.4 Å². The van der Waals surface area contributed by atoms with Crippen LogP contribution in [0.3, 0.4) is 0 Å². The lowest BCUT2D eigenvalue weighted by Gasteiger charge is -2.22. The second kappa shape index (κ2) is 15.1. The largest absolute Gasteiger partial charge is 0.349 e. The Bertz CT molecular complexity index is 1700. The van der Waals surface area contributed by atoms with Gasteiger partial charge in [0.05, 0.1) is 4.90 Å². The van der Waals surface area contributed by atoms with Crippen LogP contribution in [0.2, 0.25) is 10.0 Å². The van der Waals surface area contributed by atoms with Crippen LogP contribution in [0, 0.1) is 35.5 Å². The zero-order valence-corrected chi connectivity index (χ0v) is 30.2. The van der Waals surface area contributed by atoms with E-state index in [0.717, 1.165) is 50.4 Å². The van der Waals surface area contributed by atoms with Crippen molar-refractivity contribution in [2.24, 2.45) is 41.2 Å². The number of carbonyl (C=O) groups excluding carboxylic acids is 2. The fraction of sp³-hybridized carbons (Fsp3) is 0.474. The number of nitrogens with two attached hydrogens (primary N) is 1. The van der Waals surface area contributed by atoms with E-state index in [-0.39, 0.29) is 29.9 Å². The summed E-state index contributed by atoms with van der Waals surface area (Å²) in [5.41, 5.74) is 7.25. The fourth-order valence-electron chi connectivity index (χ4n) is 8.65. The van der Waals surface area contributed by atoms with Crippen LogP contribution in [0.1, 0.15) is 73.1 Å². The summed E-state index contributed by atoms with van der Waals surface area (Å²) in [5.74, 6) is 3.39. The SMILES string of the molecule is CCC(NC(=O)c1ccc(Cl)cc1)C1[C@H]2CC(N)C[C@@H]12.CCC(NC(=O)c1ccc(Cl)cc1)C1[C@H]2CC(NS(=O)(=O)c3ccccc3)C[C@@H]12. The predicted octanol–water partition coefficient (Wildman–Crippen LogP) is 6.68. The van der Waals surface area contributed by atoms with E-state index in [1.807, 2.05) is 0 Å². The number of carbonyl (C=O) groups is 2. The van der Waals surface area contributed by atoms with E-state index in [4.69, 9.17) is 28.9 Å². The summed E-state index contributed by atoms with van der Waals surface area (Å²) in [6, 6.07) is 23.2. The van der Waals surface area contributed by atoms with Crippen LogP contribution in [0.5, 0.6) is 0 Å². The van der Waals surface area contributed by atoms with Crippen molar-refractivity contribution in [3.8, 4) is 0 Å². The molecule has 3 aromatic rings. The summed E-state index contributed by atoms with van der Waals surface area (Å²) in [5, 5.41) is 7.60. The molecule has 4 saturated carbocycles. The molecule has 6 unspecified atom stereocenters. The quantitative estimate of drug-likeness (QED) is 0.175. The van der Waals surface area contributed by atoms with Gasteiger partial charge in [-0.25, -0.2) is 13.1 Å². The van der Waals surface area contributed by atoms with E-state index in [2.05, 4.69) is 29.2 Å². The molecule has 4 aliphatic rings. The Kier molecular flexibility index (Phi) is 11.1. The molecule has 3 aromatic carbocycles. The maximum absolute atomic E-state index is 12.5. The van der Waals surface area contributed by atoms with E-state index < -0.39 is 10.0 Å². The van der Waals surface area contributed by atoms with Gasteiger partial charge in [-0.3, -0.25) is 9.59 Å². The average Bonchev–Trinajstić information content (AvgIpc) is 3.81. The minimum absolute atomic E-state index is 0.00258. The number of nitrogens with one attached hydrogen (secondary N) is 3. The average molecular weight is 726 g/mol. The number of hydrogen-bond acceptors (Lipinski definition) is 5.